The molecule has 0 unspecified atom stereocenters. The molecule has 0 atom stereocenters. The number of carbonyl (C=O) groups excluding carboxylic acids is 1. The Kier molecular flexibility index (Phi) is 4.77. The van der Waals surface area contributed by atoms with E-state index in [-0.39, 0.29) is 5.91 Å². The Morgan fingerprint density at radius 2 is 1.75 bits per heavy atom. The molecule has 0 fully saturated rings. The van der Waals surface area contributed by atoms with Gasteiger partial charge in [0.25, 0.3) is 5.91 Å². The molecule has 2 rings (SSSR count). The molecule has 0 aliphatic rings. The highest BCUT2D eigenvalue weighted by atomic mass is 16.5. The first kappa shape index (κ1) is 14.1. The molecular weight excluding hydrogens is 250 g/mol. The molecule has 1 amide bonds. The van der Waals surface area contributed by atoms with Gasteiger partial charge in [-0.2, -0.15) is 0 Å². The molecule has 104 valence electrons. The van der Waals surface area contributed by atoms with Crippen molar-refractivity contribution in [3.05, 3.63) is 59.7 Å². The topological polar surface area (TPSA) is 38.3 Å². The van der Waals surface area contributed by atoms with Gasteiger partial charge in [0.1, 0.15) is 5.75 Å². The quantitative estimate of drug-likeness (QED) is 0.894. The Morgan fingerprint density at radius 3 is 2.50 bits per heavy atom. The Hall–Kier alpha value is -2.29. The average molecular weight is 269 g/mol. The van der Waals surface area contributed by atoms with Crippen LogP contribution in [0.5, 0.6) is 5.75 Å². The molecule has 20 heavy (non-hydrogen) atoms. The molecule has 0 saturated carbocycles. The molecule has 2 aromatic carbocycles. The zero-order valence-electron chi connectivity index (χ0n) is 11.8. The highest BCUT2D eigenvalue weighted by Crippen LogP contribution is 2.21. The van der Waals surface area contributed by atoms with Crippen LogP contribution in [0, 0.1) is 0 Å². The summed E-state index contributed by atoms with van der Waals surface area (Å²) in [5.41, 5.74) is 2.53. The smallest absolute Gasteiger partial charge is 0.259 e. The van der Waals surface area contributed by atoms with Crippen molar-refractivity contribution in [1.82, 2.24) is 0 Å². The van der Waals surface area contributed by atoms with Crippen molar-refractivity contribution < 1.29 is 9.53 Å². The number of aryl methyl sites for hydroxylation is 1. The second kappa shape index (κ2) is 6.75. The van der Waals surface area contributed by atoms with Gasteiger partial charge in [0, 0.05) is 5.69 Å². The molecule has 3 nitrogen and oxygen atoms in total. The van der Waals surface area contributed by atoms with Gasteiger partial charge in [-0.3, -0.25) is 4.79 Å². The van der Waals surface area contributed by atoms with Gasteiger partial charge in [-0.05, 0) is 37.1 Å². The molecule has 0 spiro atoms. The van der Waals surface area contributed by atoms with Gasteiger partial charge in [-0.15, -0.1) is 0 Å². The Labute approximate surface area is 119 Å². The number of amides is 1. The predicted octanol–water partition coefficient (Wildman–Crippen LogP) is 3.90. The third-order valence-electron chi connectivity index (χ3n) is 3.08. The van der Waals surface area contributed by atoms with Gasteiger partial charge >= 0.3 is 0 Å². The Morgan fingerprint density at radius 1 is 1.05 bits per heavy atom. The first-order valence-electron chi connectivity index (χ1n) is 6.87. The van der Waals surface area contributed by atoms with Crippen molar-refractivity contribution in [2.24, 2.45) is 0 Å². The molecule has 0 saturated heterocycles. The van der Waals surface area contributed by atoms with E-state index >= 15 is 0 Å². The largest absolute Gasteiger partial charge is 0.493 e. The predicted molar refractivity (Wildman–Crippen MR) is 81.4 cm³/mol. The van der Waals surface area contributed by atoms with Crippen LogP contribution in [0.3, 0.4) is 0 Å². The number of para-hydroxylation sites is 2. The summed E-state index contributed by atoms with van der Waals surface area (Å²) in [4.78, 5) is 12.4. The second-order valence-electron chi connectivity index (χ2n) is 4.39. The molecule has 0 heterocycles. The minimum atomic E-state index is -0.144. The lowest BCUT2D eigenvalue weighted by atomic mass is 10.1. The van der Waals surface area contributed by atoms with Gasteiger partial charge in [-0.25, -0.2) is 0 Å². The fraction of sp³-hybridized carbons (Fsp3) is 0.235. The van der Waals surface area contributed by atoms with Gasteiger partial charge in [0.15, 0.2) is 0 Å². The first-order valence-corrected chi connectivity index (χ1v) is 6.87. The molecule has 2 aromatic rings. The summed E-state index contributed by atoms with van der Waals surface area (Å²) < 4.78 is 5.49. The summed E-state index contributed by atoms with van der Waals surface area (Å²) in [6.45, 7) is 4.51. The number of rotatable bonds is 5. The number of nitrogens with one attached hydrogen (secondary N) is 1. The van der Waals surface area contributed by atoms with Crippen molar-refractivity contribution >= 4 is 11.6 Å². The van der Waals surface area contributed by atoms with E-state index in [1.54, 1.807) is 6.07 Å². The van der Waals surface area contributed by atoms with Gasteiger partial charge in [0.2, 0.25) is 0 Å². The minimum Gasteiger partial charge on any atom is -0.493 e. The summed E-state index contributed by atoms with van der Waals surface area (Å²) in [7, 11) is 0. The van der Waals surface area contributed by atoms with Crippen molar-refractivity contribution in [3.63, 3.8) is 0 Å². The van der Waals surface area contributed by atoms with Crippen LogP contribution >= 0.6 is 0 Å². The molecule has 1 N–H and O–H groups in total. The lowest BCUT2D eigenvalue weighted by Gasteiger charge is -2.12. The fourth-order valence-corrected chi connectivity index (χ4v) is 2.08. The van der Waals surface area contributed by atoms with Crippen LogP contribution in [0.2, 0.25) is 0 Å². The number of carbonyl (C=O) groups is 1. The zero-order chi connectivity index (χ0) is 14.4. The normalized spacial score (nSPS) is 10.1. The third-order valence-corrected chi connectivity index (χ3v) is 3.08. The van der Waals surface area contributed by atoms with E-state index in [0.29, 0.717) is 17.9 Å². The standard InChI is InChI=1S/C17H19NO2/c1-3-13-9-5-7-11-15(13)18-17(19)14-10-6-8-12-16(14)20-4-2/h5-12H,3-4H2,1-2H3,(H,18,19). The Bertz CT molecular complexity index is 593. The maximum absolute atomic E-state index is 12.4. The molecule has 0 aliphatic heterocycles. The summed E-state index contributed by atoms with van der Waals surface area (Å²) in [5, 5.41) is 2.96. The maximum atomic E-state index is 12.4. The number of hydrogen-bond donors (Lipinski definition) is 1. The van der Waals surface area contributed by atoms with Crippen LogP contribution in [0.25, 0.3) is 0 Å². The second-order valence-corrected chi connectivity index (χ2v) is 4.39. The van der Waals surface area contributed by atoms with Gasteiger partial charge in [0.05, 0.1) is 12.2 Å². The van der Waals surface area contributed by atoms with Crippen molar-refractivity contribution in [3.8, 4) is 5.75 Å². The molecule has 0 aliphatic carbocycles. The van der Waals surface area contributed by atoms with Crippen LogP contribution in [0.15, 0.2) is 48.5 Å². The first-order chi connectivity index (χ1) is 9.76. The van der Waals surface area contributed by atoms with Crippen LogP contribution in [0.4, 0.5) is 5.69 Å². The molecule has 0 aromatic heterocycles. The van der Waals surface area contributed by atoms with Gasteiger partial charge in [-0.1, -0.05) is 37.3 Å². The highest BCUT2D eigenvalue weighted by molar-refractivity contribution is 6.06. The summed E-state index contributed by atoms with van der Waals surface area (Å²) in [6.07, 6.45) is 0.879. The van der Waals surface area contributed by atoms with E-state index in [4.69, 9.17) is 4.74 Å². The maximum Gasteiger partial charge on any atom is 0.259 e. The zero-order valence-corrected chi connectivity index (χ0v) is 11.8. The van der Waals surface area contributed by atoms with E-state index < -0.39 is 0 Å². The fourth-order valence-electron chi connectivity index (χ4n) is 2.08. The molecule has 3 heteroatoms. The monoisotopic (exact) mass is 269 g/mol. The van der Waals surface area contributed by atoms with E-state index in [0.717, 1.165) is 17.7 Å². The number of benzene rings is 2. The minimum absolute atomic E-state index is 0.144. The van der Waals surface area contributed by atoms with Crippen molar-refractivity contribution in [1.29, 1.82) is 0 Å². The van der Waals surface area contributed by atoms with Gasteiger partial charge < -0.3 is 10.1 Å². The lowest BCUT2D eigenvalue weighted by molar-refractivity contribution is 0.102. The summed E-state index contributed by atoms with van der Waals surface area (Å²) >= 11 is 0. The Balaban J connectivity index is 2.24. The number of hydrogen-bond acceptors (Lipinski definition) is 2. The van der Waals surface area contributed by atoms with Crippen LogP contribution < -0.4 is 10.1 Å². The average Bonchev–Trinajstić information content (AvgIpc) is 2.48. The van der Waals surface area contributed by atoms with E-state index in [2.05, 4.69) is 12.2 Å². The third kappa shape index (κ3) is 3.18. The van der Waals surface area contributed by atoms with E-state index in [9.17, 15) is 4.79 Å². The van der Waals surface area contributed by atoms with Crippen molar-refractivity contribution in [2.45, 2.75) is 20.3 Å². The van der Waals surface area contributed by atoms with Crippen LogP contribution in [0.1, 0.15) is 29.8 Å². The molecular formula is C17H19NO2. The van der Waals surface area contributed by atoms with E-state index in [1.165, 1.54) is 0 Å². The van der Waals surface area contributed by atoms with Crippen LogP contribution in [-0.2, 0) is 6.42 Å². The van der Waals surface area contributed by atoms with Crippen LogP contribution in [-0.4, -0.2) is 12.5 Å². The lowest BCUT2D eigenvalue weighted by Crippen LogP contribution is -2.14. The number of anilines is 1. The van der Waals surface area contributed by atoms with E-state index in [1.807, 2.05) is 49.4 Å². The number of ether oxygens (including phenoxy) is 1. The summed E-state index contributed by atoms with van der Waals surface area (Å²) in [6, 6.07) is 15.1. The highest BCUT2D eigenvalue weighted by Gasteiger charge is 2.13. The summed E-state index contributed by atoms with van der Waals surface area (Å²) in [5.74, 6) is 0.469. The SMILES string of the molecule is CCOc1ccccc1C(=O)Nc1ccccc1CC. The molecule has 0 radical (unpaired) electrons. The molecule has 0 bridgehead atoms. The van der Waals surface area contributed by atoms with Crippen molar-refractivity contribution in [2.75, 3.05) is 11.9 Å².